The summed E-state index contributed by atoms with van der Waals surface area (Å²) in [5.41, 5.74) is 8.21. The van der Waals surface area contributed by atoms with Crippen LogP contribution in [0.15, 0.2) is 36.7 Å². The van der Waals surface area contributed by atoms with E-state index in [2.05, 4.69) is 15.4 Å². The molecule has 3 aromatic heterocycles. The molecule has 7 heteroatoms. The van der Waals surface area contributed by atoms with Crippen LogP contribution in [0.1, 0.15) is 11.4 Å². The first-order valence-electron chi connectivity index (χ1n) is 6.61. The first kappa shape index (κ1) is 13.2. The zero-order valence-corrected chi connectivity index (χ0v) is 11.7. The standard InChI is InChI=1S/C14H16N6O/c1-10-6-12(15)20(18-10)9-14(21)16-7-11-8-19-5-3-2-4-13(19)17-11/h2-6,8H,7,9,15H2,1H3,(H,16,21). The number of amides is 1. The van der Waals surface area contributed by atoms with Crippen LogP contribution < -0.4 is 11.1 Å². The maximum absolute atomic E-state index is 11.9. The molecule has 0 unspecified atom stereocenters. The fourth-order valence-electron chi connectivity index (χ4n) is 2.15. The van der Waals surface area contributed by atoms with Crippen LogP contribution in [-0.2, 0) is 17.9 Å². The molecular formula is C14H16N6O. The third kappa shape index (κ3) is 2.86. The summed E-state index contributed by atoms with van der Waals surface area (Å²) in [6.45, 7) is 2.31. The van der Waals surface area contributed by atoms with Gasteiger partial charge in [-0.15, -0.1) is 0 Å². The second-order valence-electron chi connectivity index (χ2n) is 4.84. The Kier molecular flexibility index (Phi) is 3.31. The molecule has 3 rings (SSSR count). The van der Waals surface area contributed by atoms with Crippen LogP contribution in [0, 0.1) is 6.92 Å². The minimum Gasteiger partial charge on any atom is -0.384 e. The molecule has 1 amide bonds. The summed E-state index contributed by atoms with van der Waals surface area (Å²) < 4.78 is 3.39. The Morgan fingerprint density at radius 3 is 3.00 bits per heavy atom. The number of hydrogen-bond acceptors (Lipinski definition) is 4. The predicted octanol–water partition coefficient (Wildman–Crippen LogP) is 0.738. The van der Waals surface area contributed by atoms with E-state index < -0.39 is 0 Å². The van der Waals surface area contributed by atoms with E-state index in [0.29, 0.717) is 12.4 Å². The van der Waals surface area contributed by atoms with Gasteiger partial charge < -0.3 is 15.5 Å². The van der Waals surface area contributed by atoms with Gasteiger partial charge in [-0.1, -0.05) is 6.07 Å². The van der Waals surface area contributed by atoms with E-state index >= 15 is 0 Å². The molecular weight excluding hydrogens is 268 g/mol. The number of pyridine rings is 1. The number of rotatable bonds is 4. The SMILES string of the molecule is Cc1cc(N)n(CC(=O)NCc2cn3ccccc3n2)n1. The van der Waals surface area contributed by atoms with Crippen LogP contribution in [0.25, 0.3) is 5.65 Å². The molecule has 108 valence electrons. The van der Waals surface area contributed by atoms with Gasteiger partial charge in [-0.05, 0) is 19.1 Å². The van der Waals surface area contributed by atoms with E-state index in [-0.39, 0.29) is 12.5 Å². The number of aromatic nitrogens is 4. The maximum atomic E-state index is 11.9. The first-order valence-corrected chi connectivity index (χ1v) is 6.61. The van der Waals surface area contributed by atoms with Gasteiger partial charge in [0.25, 0.3) is 0 Å². The quantitative estimate of drug-likeness (QED) is 0.739. The molecule has 0 aromatic carbocycles. The Balaban J connectivity index is 1.61. The van der Waals surface area contributed by atoms with Crippen molar-refractivity contribution in [3.8, 4) is 0 Å². The number of carbonyl (C=O) groups is 1. The highest BCUT2D eigenvalue weighted by Crippen LogP contribution is 2.06. The number of nitrogens with two attached hydrogens (primary N) is 1. The van der Waals surface area contributed by atoms with E-state index in [4.69, 9.17) is 5.73 Å². The van der Waals surface area contributed by atoms with Gasteiger partial charge in [0.15, 0.2) is 0 Å². The molecule has 0 aliphatic rings. The molecule has 3 aromatic rings. The van der Waals surface area contributed by atoms with Crippen LogP contribution in [0.4, 0.5) is 5.82 Å². The summed E-state index contributed by atoms with van der Waals surface area (Å²) in [5, 5.41) is 6.96. The van der Waals surface area contributed by atoms with Gasteiger partial charge in [0.2, 0.25) is 5.91 Å². The van der Waals surface area contributed by atoms with Crippen molar-refractivity contribution in [2.24, 2.45) is 0 Å². The van der Waals surface area contributed by atoms with Crippen molar-refractivity contribution >= 4 is 17.4 Å². The number of aryl methyl sites for hydroxylation is 1. The Labute approximate surface area is 121 Å². The summed E-state index contributed by atoms with van der Waals surface area (Å²) in [6, 6.07) is 7.50. The average molecular weight is 284 g/mol. The summed E-state index contributed by atoms with van der Waals surface area (Å²) in [7, 11) is 0. The Morgan fingerprint density at radius 1 is 1.43 bits per heavy atom. The molecule has 0 bridgehead atoms. The summed E-state index contributed by atoms with van der Waals surface area (Å²) in [5.74, 6) is 0.331. The Morgan fingerprint density at radius 2 is 2.29 bits per heavy atom. The lowest BCUT2D eigenvalue weighted by Gasteiger charge is -2.04. The van der Waals surface area contributed by atoms with E-state index in [1.165, 1.54) is 4.68 Å². The van der Waals surface area contributed by atoms with Crippen molar-refractivity contribution in [1.82, 2.24) is 24.5 Å². The minimum absolute atomic E-state index is 0.104. The van der Waals surface area contributed by atoms with Crippen molar-refractivity contribution in [1.29, 1.82) is 0 Å². The molecule has 21 heavy (non-hydrogen) atoms. The van der Waals surface area contributed by atoms with Gasteiger partial charge in [0.1, 0.15) is 18.0 Å². The fourth-order valence-corrected chi connectivity index (χ4v) is 2.15. The number of nitrogens with zero attached hydrogens (tertiary/aromatic N) is 4. The maximum Gasteiger partial charge on any atom is 0.242 e. The summed E-state index contributed by atoms with van der Waals surface area (Å²) >= 11 is 0. The zero-order valence-electron chi connectivity index (χ0n) is 11.7. The molecule has 0 saturated heterocycles. The Bertz CT molecular complexity index is 755. The largest absolute Gasteiger partial charge is 0.384 e. The molecule has 3 heterocycles. The minimum atomic E-state index is -0.151. The average Bonchev–Trinajstić information content (AvgIpc) is 2.99. The van der Waals surface area contributed by atoms with Crippen LogP contribution in [0.2, 0.25) is 0 Å². The molecule has 3 N–H and O–H groups in total. The molecule has 7 nitrogen and oxygen atoms in total. The molecule has 0 spiro atoms. The predicted molar refractivity (Wildman–Crippen MR) is 78.4 cm³/mol. The zero-order chi connectivity index (χ0) is 14.8. The fraction of sp³-hybridized carbons (Fsp3) is 0.214. The normalized spacial score (nSPS) is 10.9. The van der Waals surface area contributed by atoms with Crippen molar-refractivity contribution < 1.29 is 4.79 Å². The van der Waals surface area contributed by atoms with Crippen molar-refractivity contribution in [2.45, 2.75) is 20.0 Å². The molecule has 0 saturated carbocycles. The summed E-state index contributed by atoms with van der Waals surface area (Å²) in [6.07, 6.45) is 3.81. The lowest BCUT2D eigenvalue weighted by atomic mass is 10.4. The number of anilines is 1. The number of carbonyl (C=O) groups excluding carboxylic acids is 1. The highest BCUT2D eigenvalue weighted by Gasteiger charge is 2.08. The second-order valence-corrected chi connectivity index (χ2v) is 4.84. The number of imidazole rings is 1. The van der Waals surface area contributed by atoms with Gasteiger partial charge >= 0.3 is 0 Å². The van der Waals surface area contributed by atoms with Crippen molar-refractivity contribution in [3.63, 3.8) is 0 Å². The number of hydrogen-bond donors (Lipinski definition) is 2. The highest BCUT2D eigenvalue weighted by molar-refractivity contribution is 5.76. The van der Waals surface area contributed by atoms with Gasteiger partial charge in [0, 0.05) is 18.5 Å². The molecule has 0 atom stereocenters. The van der Waals surface area contributed by atoms with E-state index in [0.717, 1.165) is 17.0 Å². The number of nitrogen functional groups attached to an aromatic ring is 1. The lowest BCUT2D eigenvalue weighted by molar-refractivity contribution is -0.122. The van der Waals surface area contributed by atoms with Crippen LogP contribution in [0.5, 0.6) is 0 Å². The van der Waals surface area contributed by atoms with Crippen LogP contribution in [0.3, 0.4) is 0 Å². The van der Waals surface area contributed by atoms with Gasteiger partial charge in [-0.3, -0.25) is 4.79 Å². The van der Waals surface area contributed by atoms with E-state index in [9.17, 15) is 4.79 Å². The third-order valence-electron chi connectivity index (χ3n) is 3.11. The molecule has 0 radical (unpaired) electrons. The van der Waals surface area contributed by atoms with E-state index in [1.807, 2.05) is 41.9 Å². The smallest absolute Gasteiger partial charge is 0.242 e. The van der Waals surface area contributed by atoms with Gasteiger partial charge in [-0.2, -0.15) is 5.10 Å². The van der Waals surface area contributed by atoms with Gasteiger partial charge in [-0.25, -0.2) is 9.67 Å². The van der Waals surface area contributed by atoms with Crippen LogP contribution >= 0.6 is 0 Å². The second kappa shape index (κ2) is 5.28. The topological polar surface area (TPSA) is 90.2 Å². The van der Waals surface area contributed by atoms with Gasteiger partial charge in [0.05, 0.1) is 17.9 Å². The van der Waals surface area contributed by atoms with Crippen molar-refractivity contribution in [2.75, 3.05) is 5.73 Å². The first-order chi connectivity index (χ1) is 10.1. The number of nitrogens with one attached hydrogen (secondary N) is 1. The molecule has 0 fully saturated rings. The highest BCUT2D eigenvalue weighted by atomic mass is 16.2. The van der Waals surface area contributed by atoms with Crippen LogP contribution in [-0.4, -0.2) is 25.1 Å². The molecule has 0 aliphatic heterocycles. The summed E-state index contributed by atoms with van der Waals surface area (Å²) in [4.78, 5) is 16.3. The van der Waals surface area contributed by atoms with Crippen molar-refractivity contribution in [3.05, 3.63) is 48.0 Å². The Hall–Kier alpha value is -2.83. The third-order valence-corrected chi connectivity index (χ3v) is 3.11. The molecule has 0 aliphatic carbocycles. The number of fused-ring (bicyclic) bond motifs is 1. The lowest BCUT2D eigenvalue weighted by Crippen LogP contribution is -2.28. The van der Waals surface area contributed by atoms with E-state index in [1.54, 1.807) is 6.07 Å². The monoisotopic (exact) mass is 284 g/mol.